The molecule has 1 saturated heterocycles. The Labute approximate surface area is 131 Å². The number of carbonyl (C=O) groups is 3. The smallest absolute Gasteiger partial charge is 0.420 e. The van der Waals surface area contributed by atoms with E-state index in [2.05, 4.69) is 5.32 Å². The first-order valence-corrected chi connectivity index (χ1v) is 7.37. The Morgan fingerprint density at radius 1 is 1.05 bits per heavy atom. The highest BCUT2D eigenvalue weighted by Gasteiger charge is 2.40. The van der Waals surface area contributed by atoms with Crippen molar-refractivity contribution in [2.45, 2.75) is 71.2 Å². The first kappa shape index (κ1) is 18.4. The molecule has 1 N–H and O–H groups in total. The van der Waals surface area contributed by atoms with E-state index >= 15 is 0 Å². The monoisotopic (exact) mass is 314 g/mol. The summed E-state index contributed by atoms with van der Waals surface area (Å²) in [6, 6.07) is -0.850. The second kappa shape index (κ2) is 6.64. The Kier molecular flexibility index (Phi) is 5.56. The maximum Gasteiger partial charge on any atom is 0.420 e. The number of imide groups is 1. The van der Waals surface area contributed by atoms with Gasteiger partial charge in [-0.15, -0.1) is 0 Å². The molecular formula is C15H26N2O5. The summed E-state index contributed by atoms with van der Waals surface area (Å²) in [6.07, 6.45) is -0.412. The molecule has 0 aromatic heterocycles. The second-order valence-corrected chi connectivity index (χ2v) is 7.37. The molecule has 22 heavy (non-hydrogen) atoms. The number of hydrogen-bond donors (Lipinski definition) is 1. The summed E-state index contributed by atoms with van der Waals surface area (Å²) in [6.45, 7) is 10.7. The molecule has 0 saturated carbocycles. The minimum absolute atomic E-state index is 0.335. The SMILES string of the molecule is CC(C)(C)OC(=O)N(C(=O)OC(C)(C)C)[C@@H]1CN[C@H](C=O)C1. The van der Waals surface area contributed by atoms with Crippen molar-refractivity contribution in [1.29, 1.82) is 0 Å². The number of amides is 2. The van der Waals surface area contributed by atoms with Crippen LogP contribution in [0.2, 0.25) is 0 Å². The summed E-state index contributed by atoms with van der Waals surface area (Å²) in [5.41, 5.74) is -1.46. The van der Waals surface area contributed by atoms with Gasteiger partial charge in [0.1, 0.15) is 17.5 Å². The van der Waals surface area contributed by atoms with Crippen LogP contribution in [0.15, 0.2) is 0 Å². The Morgan fingerprint density at radius 2 is 1.50 bits per heavy atom. The van der Waals surface area contributed by atoms with Crippen LogP contribution in [0, 0.1) is 0 Å². The van der Waals surface area contributed by atoms with Gasteiger partial charge in [-0.1, -0.05) is 0 Å². The van der Waals surface area contributed by atoms with Crippen molar-refractivity contribution >= 4 is 18.5 Å². The summed E-state index contributed by atoms with van der Waals surface area (Å²) < 4.78 is 10.6. The van der Waals surface area contributed by atoms with Gasteiger partial charge in [0, 0.05) is 6.54 Å². The fourth-order valence-electron chi connectivity index (χ4n) is 2.04. The van der Waals surface area contributed by atoms with E-state index in [1.165, 1.54) is 0 Å². The molecule has 2 amide bonds. The molecule has 1 fully saturated rings. The zero-order chi connectivity index (χ0) is 17.1. The lowest BCUT2D eigenvalue weighted by molar-refractivity contribution is -0.109. The maximum absolute atomic E-state index is 12.4. The van der Waals surface area contributed by atoms with Crippen LogP contribution in [0.1, 0.15) is 48.0 Å². The maximum atomic E-state index is 12.4. The van der Waals surface area contributed by atoms with E-state index in [1.807, 2.05) is 0 Å². The van der Waals surface area contributed by atoms with Gasteiger partial charge in [-0.2, -0.15) is 0 Å². The van der Waals surface area contributed by atoms with Gasteiger partial charge in [0.25, 0.3) is 0 Å². The normalized spacial score (nSPS) is 22.1. The molecule has 7 heteroatoms. The fourth-order valence-corrected chi connectivity index (χ4v) is 2.04. The minimum Gasteiger partial charge on any atom is -0.443 e. The van der Waals surface area contributed by atoms with E-state index in [4.69, 9.17) is 9.47 Å². The van der Waals surface area contributed by atoms with Crippen LogP contribution in [-0.4, -0.2) is 53.2 Å². The van der Waals surface area contributed by atoms with Gasteiger partial charge in [0.05, 0.1) is 12.1 Å². The third kappa shape index (κ3) is 5.63. The number of rotatable bonds is 2. The molecule has 2 atom stereocenters. The molecule has 0 aromatic carbocycles. The molecule has 1 aliphatic heterocycles. The highest BCUT2D eigenvalue weighted by molar-refractivity contribution is 5.88. The molecule has 7 nitrogen and oxygen atoms in total. The molecule has 0 spiro atoms. The zero-order valence-corrected chi connectivity index (χ0v) is 14.1. The van der Waals surface area contributed by atoms with Gasteiger partial charge in [-0.25, -0.2) is 14.5 Å². The van der Waals surface area contributed by atoms with Crippen molar-refractivity contribution in [2.24, 2.45) is 0 Å². The fraction of sp³-hybridized carbons (Fsp3) is 0.800. The molecule has 126 valence electrons. The van der Waals surface area contributed by atoms with Gasteiger partial charge >= 0.3 is 12.2 Å². The molecule has 1 aliphatic rings. The van der Waals surface area contributed by atoms with Crippen LogP contribution in [0.5, 0.6) is 0 Å². The summed E-state index contributed by atoms with van der Waals surface area (Å²) in [5.74, 6) is 0. The van der Waals surface area contributed by atoms with Crippen molar-refractivity contribution in [3.8, 4) is 0 Å². The highest BCUT2D eigenvalue weighted by atomic mass is 16.6. The van der Waals surface area contributed by atoms with Crippen molar-refractivity contribution in [3.05, 3.63) is 0 Å². The topological polar surface area (TPSA) is 84.9 Å². The molecule has 0 radical (unpaired) electrons. The van der Waals surface area contributed by atoms with Gasteiger partial charge < -0.3 is 19.6 Å². The average Bonchev–Trinajstić information content (AvgIpc) is 2.72. The van der Waals surface area contributed by atoms with Crippen molar-refractivity contribution in [1.82, 2.24) is 10.2 Å². The van der Waals surface area contributed by atoms with E-state index < -0.39 is 29.4 Å². The molecule has 0 unspecified atom stereocenters. The molecule has 0 aromatic rings. The summed E-state index contributed by atoms with van der Waals surface area (Å²) in [7, 11) is 0. The minimum atomic E-state index is -0.764. The number of hydrogen-bond acceptors (Lipinski definition) is 6. The van der Waals surface area contributed by atoms with Crippen LogP contribution in [0.25, 0.3) is 0 Å². The van der Waals surface area contributed by atoms with Crippen LogP contribution >= 0.6 is 0 Å². The predicted molar refractivity (Wildman–Crippen MR) is 80.6 cm³/mol. The van der Waals surface area contributed by atoms with Gasteiger partial charge in [-0.05, 0) is 48.0 Å². The molecule has 1 heterocycles. The Hall–Kier alpha value is -1.63. The lowest BCUT2D eigenvalue weighted by Gasteiger charge is -2.31. The van der Waals surface area contributed by atoms with Crippen LogP contribution in [0.3, 0.4) is 0 Å². The molecule has 0 bridgehead atoms. The number of nitrogens with one attached hydrogen (secondary N) is 1. The summed E-state index contributed by atoms with van der Waals surface area (Å²) in [5, 5.41) is 2.95. The van der Waals surface area contributed by atoms with E-state index in [0.29, 0.717) is 13.0 Å². The Morgan fingerprint density at radius 3 is 1.82 bits per heavy atom. The quantitative estimate of drug-likeness (QED) is 0.786. The largest absolute Gasteiger partial charge is 0.443 e. The summed E-state index contributed by atoms with van der Waals surface area (Å²) >= 11 is 0. The van der Waals surface area contributed by atoms with E-state index in [-0.39, 0.29) is 6.04 Å². The van der Waals surface area contributed by atoms with Gasteiger partial charge in [0.2, 0.25) is 0 Å². The predicted octanol–water partition coefficient (Wildman–Crippen LogP) is 2.09. The zero-order valence-electron chi connectivity index (χ0n) is 14.1. The number of aldehydes is 1. The van der Waals surface area contributed by atoms with Gasteiger partial charge in [0.15, 0.2) is 0 Å². The number of carbonyl (C=O) groups excluding carboxylic acids is 3. The standard InChI is InChI=1S/C15H26N2O5/c1-14(2,3)21-12(19)17(13(20)22-15(4,5)6)11-7-10(9-18)16-8-11/h9-11,16H,7-8H2,1-6H3/t10-,11-/m0/s1. The Balaban J connectivity index is 2.92. The van der Waals surface area contributed by atoms with E-state index in [1.54, 1.807) is 41.5 Å². The van der Waals surface area contributed by atoms with Crippen LogP contribution < -0.4 is 5.32 Å². The molecular weight excluding hydrogens is 288 g/mol. The third-order valence-electron chi connectivity index (χ3n) is 2.85. The number of ether oxygens (including phenoxy) is 2. The average molecular weight is 314 g/mol. The summed E-state index contributed by atoms with van der Waals surface area (Å²) in [4.78, 5) is 36.5. The van der Waals surface area contributed by atoms with Crippen molar-refractivity contribution in [2.75, 3.05) is 6.54 Å². The van der Waals surface area contributed by atoms with Crippen LogP contribution in [-0.2, 0) is 14.3 Å². The number of nitrogens with zero attached hydrogens (tertiary/aromatic N) is 1. The van der Waals surface area contributed by atoms with E-state index in [0.717, 1.165) is 11.2 Å². The Bertz CT molecular complexity index is 408. The highest BCUT2D eigenvalue weighted by Crippen LogP contribution is 2.20. The lowest BCUT2D eigenvalue weighted by atomic mass is 10.1. The van der Waals surface area contributed by atoms with Crippen molar-refractivity contribution in [3.63, 3.8) is 0 Å². The molecule has 1 rings (SSSR count). The second-order valence-electron chi connectivity index (χ2n) is 7.37. The lowest BCUT2D eigenvalue weighted by Crippen LogP contribution is -2.49. The third-order valence-corrected chi connectivity index (χ3v) is 2.85. The van der Waals surface area contributed by atoms with Crippen molar-refractivity contribution < 1.29 is 23.9 Å². The molecule has 0 aliphatic carbocycles. The first-order valence-electron chi connectivity index (χ1n) is 7.37. The van der Waals surface area contributed by atoms with Crippen LogP contribution in [0.4, 0.5) is 9.59 Å². The van der Waals surface area contributed by atoms with Gasteiger partial charge in [-0.3, -0.25) is 0 Å². The first-order chi connectivity index (χ1) is 9.93. The van der Waals surface area contributed by atoms with E-state index in [9.17, 15) is 14.4 Å².